The van der Waals surface area contributed by atoms with Crippen molar-refractivity contribution >= 4 is 0 Å². The van der Waals surface area contributed by atoms with E-state index in [1.807, 2.05) is 0 Å². The fourth-order valence-electron chi connectivity index (χ4n) is 1.20. The minimum absolute atomic E-state index is 0.504. The van der Waals surface area contributed by atoms with E-state index in [-0.39, 0.29) is 0 Å². The minimum Gasteiger partial charge on any atom is -0.379 e. The van der Waals surface area contributed by atoms with Crippen LogP contribution in [0.1, 0.15) is 11.7 Å². The Kier molecular flexibility index (Phi) is 2.95. The Morgan fingerprint density at radius 1 is 1.31 bits per heavy atom. The molecular weight excluding hydrogens is 229 g/mol. The molecule has 1 unspecified atom stereocenters. The molecule has 0 spiro atoms. The number of aryl methyl sites for hydroxylation is 1. The van der Waals surface area contributed by atoms with Crippen LogP contribution in [-0.4, -0.2) is 20.4 Å². The van der Waals surface area contributed by atoms with E-state index in [2.05, 4.69) is 0 Å². The van der Waals surface area contributed by atoms with Crippen LogP contribution in [0, 0.1) is 0 Å². The first-order chi connectivity index (χ1) is 7.16. The molecule has 8 heteroatoms. The van der Waals surface area contributed by atoms with Gasteiger partial charge in [-0.3, -0.25) is 9.36 Å². The van der Waals surface area contributed by atoms with Gasteiger partial charge in [0, 0.05) is 20.3 Å². The molecule has 0 saturated heterocycles. The lowest BCUT2D eigenvalue weighted by atomic mass is 10.2. The maximum absolute atomic E-state index is 12.2. The Balaban J connectivity index is 3.49. The Morgan fingerprint density at radius 2 is 1.81 bits per heavy atom. The number of halogens is 3. The van der Waals surface area contributed by atoms with Gasteiger partial charge >= 0.3 is 11.9 Å². The van der Waals surface area contributed by atoms with Crippen molar-refractivity contribution < 1.29 is 18.3 Å². The lowest BCUT2D eigenvalue weighted by Crippen LogP contribution is -2.41. The Morgan fingerprint density at radius 3 is 2.25 bits per heavy atom. The summed E-state index contributed by atoms with van der Waals surface area (Å²) in [5, 5.41) is 8.92. The van der Waals surface area contributed by atoms with Gasteiger partial charge in [0.1, 0.15) is 0 Å². The fourth-order valence-corrected chi connectivity index (χ4v) is 1.20. The molecule has 1 aromatic rings. The highest BCUT2D eigenvalue weighted by atomic mass is 19.4. The third-order valence-corrected chi connectivity index (χ3v) is 2.08. The molecule has 0 fully saturated rings. The minimum atomic E-state index is -4.94. The monoisotopic (exact) mass is 238 g/mol. The lowest BCUT2D eigenvalue weighted by Gasteiger charge is -2.15. The number of aliphatic hydroxyl groups excluding tert-OH is 1. The van der Waals surface area contributed by atoms with Crippen LogP contribution in [0.2, 0.25) is 0 Å². The number of hydrogen-bond donors (Lipinski definition) is 1. The van der Waals surface area contributed by atoms with Gasteiger partial charge < -0.3 is 9.67 Å². The molecule has 16 heavy (non-hydrogen) atoms. The van der Waals surface area contributed by atoms with E-state index >= 15 is 0 Å². The number of nitrogens with zero attached hydrogens (tertiary/aromatic N) is 2. The first kappa shape index (κ1) is 12.5. The van der Waals surface area contributed by atoms with Gasteiger partial charge in [0.2, 0.25) is 0 Å². The van der Waals surface area contributed by atoms with Crippen molar-refractivity contribution in [3.63, 3.8) is 0 Å². The second-order valence-electron chi connectivity index (χ2n) is 3.29. The van der Waals surface area contributed by atoms with Gasteiger partial charge in [-0.2, -0.15) is 13.2 Å². The second kappa shape index (κ2) is 3.78. The molecule has 90 valence electrons. The number of rotatable bonds is 1. The highest BCUT2D eigenvalue weighted by molar-refractivity contribution is 5.11. The second-order valence-corrected chi connectivity index (χ2v) is 3.29. The zero-order valence-corrected chi connectivity index (χ0v) is 8.45. The van der Waals surface area contributed by atoms with Crippen LogP contribution >= 0.6 is 0 Å². The molecule has 0 aromatic carbocycles. The smallest absolute Gasteiger partial charge is 0.379 e. The van der Waals surface area contributed by atoms with Crippen LogP contribution in [0.5, 0.6) is 0 Å². The first-order valence-corrected chi connectivity index (χ1v) is 4.17. The Labute approximate surface area is 87.4 Å². The SMILES string of the molecule is Cn1cc(C(O)C(F)(F)F)c(=O)n(C)c1=O. The van der Waals surface area contributed by atoms with Gasteiger partial charge in [-0.05, 0) is 0 Å². The largest absolute Gasteiger partial charge is 0.418 e. The maximum atomic E-state index is 12.2. The quantitative estimate of drug-likeness (QED) is 0.729. The molecule has 0 amide bonds. The van der Waals surface area contributed by atoms with Gasteiger partial charge in [-0.1, -0.05) is 0 Å². The summed E-state index contributed by atoms with van der Waals surface area (Å²) in [6, 6.07) is 0. The highest BCUT2D eigenvalue weighted by Gasteiger charge is 2.41. The summed E-state index contributed by atoms with van der Waals surface area (Å²) in [4.78, 5) is 22.5. The van der Waals surface area contributed by atoms with Crippen molar-refractivity contribution in [2.75, 3.05) is 0 Å². The topological polar surface area (TPSA) is 64.2 Å². The molecule has 0 radical (unpaired) electrons. The highest BCUT2D eigenvalue weighted by Crippen LogP contribution is 2.30. The molecule has 1 aromatic heterocycles. The van der Waals surface area contributed by atoms with E-state index in [9.17, 15) is 22.8 Å². The van der Waals surface area contributed by atoms with E-state index < -0.39 is 29.1 Å². The molecule has 0 aliphatic rings. The van der Waals surface area contributed by atoms with Crippen LogP contribution in [0.15, 0.2) is 15.8 Å². The molecule has 0 bridgehead atoms. The fraction of sp³-hybridized carbons (Fsp3) is 0.500. The van der Waals surface area contributed by atoms with E-state index in [0.717, 1.165) is 11.6 Å². The van der Waals surface area contributed by atoms with Gasteiger partial charge in [-0.15, -0.1) is 0 Å². The van der Waals surface area contributed by atoms with E-state index in [1.165, 1.54) is 7.05 Å². The third kappa shape index (κ3) is 2.01. The van der Waals surface area contributed by atoms with Crippen LogP contribution in [0.4, 0.5) is 13.2 Å². The van der Waals surface area contributed by atoms with Crippen LogP contribution < -0.4 is 11.2 Å². The molecule has 1 heterocycles. The van der Waals surface area contributed by atoms with Gasteiger partial charge in [0.15, 0.2) is 6.10 Å². The summed E-state index contributed by atoms with van der Waals surface area (Å²) >= 11 is 0. The normalized spacial score (nSPS) is 13.9. The van der Waals surface area contributed by atoms with Gasteiger partial charge in [0.25, 0.3) is 5.56 Å². The van der Waals surface area contributed by atoms with Crippen molar-refractivity contribution in [1.29, 1.82) is 0 Å². The molecule has 0 saturated carbocycles. The predicted molar refractivity (Wildman–Crippen MR) is 47.9 cm³/mol. The molecular formula is C8H9F3N2O3. The van der Waals surface area contributed by atoms with Crippen LogP contribution in [0.25, 0.3) is 0 Å². The molecule has 5 nitrogen and oxygen atoms in total. The standard InChI is InChI=1S/C8H9F3N2O3/c1-12-3-4(5(14)8(9,10)11)6(15)13(2)7(12)16/h3,5,14H,1-2H3. The summed E-state index contributed by atoms with van der Waals surface area (Å²) in [5.41, 5.74) is -2.80. The summed E-state index contributed by atoms with van der Waals surface area (Å²) < 4.78 is 37.9. The van der Waals surface area contributed by atoms with E-state index in [0.29, 0.717) is 10.8 Å². The molecule has 1 rings (SSSR count). The number of aromatic nitrogens is 2. The number of aliphatic hydroxyl groups is 1. The summed E-state index contributed by atoms with van der Waals surface area (Å²) in [6.07, 6.45) is -7.15. The van der Waals surface area contributed by atoms with Crippen molar-refractivity contribution in [3.05, 3.63) is 32.6 Å². The predicted octanol–water partition coefficient (Wildman–Crippen LogP) is -0.320. The van der Waals surface area contributed by atoms with Crippen LogP contribution in [-0.2, 0) is 14.1 Å². The average molecular weight is 238 g/mol. The van der Waals surface area contributed by atoms with Crippen LogP contribution in [0.3, 0.4) is 0 Å². The van der Waals surface area contributed by atoms with Crippen molar-refractivity contribution in [2.24, 2.45) is 14.1 Å². The van der Waals surface area contributed by atoms with Gasteiger partial charge in [0.05, 0.1) is 5.56 Å². The van der Waals surface area contributed by atoms with E-state index in [1.54, 1.807) is 0 Å². The maximum Gasteiger partial charge on any atom is 0.418 e. The van der Waals surface area contributed by atoms with Crippen molar-refractivity contribution in [1.82, 2.24) is 9.13 Å². The third-order valence-electron chi connectivity index (χ3n) is 2.08. The van der Waals surface area contributed by atoms with Crippen molar-refractivity contribution in [2.45, 2.75) is 12.3 Å². The summed E-state index contributed by atoms with van der Waals surface area (Å²) in [6.45, 7) is 0. The molecule has 0 aliphatic carbocycles. The molecule has 0 aliphatic heterocycles. The number of hydrogen-bond acceptors (Lipinski definition) is 3. The Hall–Kier alpha value is -1.57. The summed E-state index contributed by atoms with van der Waals surface area (Å²) in [5.74, 6) is 0. The molecule has 1 N–H and O–H groups in total. The van der Waals surface area contributed by atoms with E-state index in [4.69, 9.17) is 5.11 Å². The zero-order chi connectivity index (χ0) is 12.7. The lowest BCUT2D eigenvalue weighted by molar-refractivity contribution is -0.207. The zero-order valence-electron chi connectivity index (χ0n) is 8.45. The summed E-state index contributed by atoms with van der Waals surface area (Å²) in [7, 11) is 2.23. The number of alkyl halides is 3. The van der Waals surface area contributed by atoms with Crippen molar-refractivity contribution in [3.8, 4) is 0 Å². The first-order valence-electron chi connectivity index (χ1n) is 4.17. The van der Waals surface area contributed by atoms with Gasteiger partial charge in [-0.25, -0.2) is 4.79 Å². The molecule has 1 atom stereocenters. The average Bonchev–Trinajstić information content (AvgIpc) is 2.18. The Bertz CT molecular complexity index is 515.